The number of benzene rings is 4. The summed E-state index contributed by atoms with van der Waals surface area (Å²) in [5, 5.41) is 9.43. The molecule has 5 rings (SSSR count). The lowest BCUT2D eigenvalue weighted by atomic mass is 9.94. The van der Waals surface area contributed by atoms with Gasteiger partial charge in [-0.15, -0.1) is 0 Å². The Bertz CT molecular complexity index is 1290. The van der Waals surface area contributed by atoms with Crippen molar-refractivity contribution in [3.05, 3.63) is 108 Å². The van der Waals surface area contributed by atoms with Crippen LogP contribution < -0.4 is 10.6 Å². The molecule has 3 heteroatoms. The minimum Gasteiger partial charge on any atom is -0.352 e. The maximum atomic E-state index is 13.0. The van der Waals surface area contributed by atoms with Crippen molar-refractivity contribution >= 4 is 16.7 Å². The molecule has 0 spiro atoms. The number of carbonyl (C=O) groups is 1. The van der Waals surface area contributed by atoms with Crippen molar-refractivity contribution < 1.29 is 4.79 Å². The molecule has 1 amide bonds. The average molecular weight is 463 g/mol. The molecule has 1 aliphatic rings. The van der Waals surface area contributed by atoms with Crippen molar-refractivity contribution in [2.24, 2.45) is 11.8 Å². The van der Waals surface area contributed by atoms with Gasteiger partial charge in [0.1, 0.15) is 0 Å². The predicted molar refractivity (Wildman–Crippen MR) is 145 cm³/mol. The van der Waals surface area contributed by atoms with E-state index in [2.05, 4.69) is 109 Å². The number of nitrogens with one attached hydrogen (secondary N) is 2. The first-order valence-corrected chi connectivity index (χ1v) is 12.8. The Hall–Kier alpha value is -3.43. The Labute approximate surface area is 208 Å². The number of rotatable bonds is 8. The fraction of sp³-hybridized carbons (Fsp3) is 0.281. The van der Waals surface area contributed by atoms with Crippen molar-refractivity contribution in [3.63, 3.8) is 0 Å². The van der Waals surface area contributed by atoms with E-state index in [1.165, 1.54) is 33.0 Å². The van der Waals surface area contributed by atoms with Crippen LogP contribution in [0.3, 0.4) is 0 Å². The summed E-state index contributed by atoms with van der Waals surface area (Å²) in [6.45, 7) is 4.43. The van der Waals surface area contributed by atoms with E-state index < -0.39 is 0 Å². The van der Waals surface area contributed by atoms with Crippen LogP contribution in [0.5, 0.6) is 0 Å². The zero-order valence-electron chi connectivity index (χ0n) is 20.5. The van der Waals surface area contributed by atoms with Gasteiger partial charge in [0.25, 0.3) is 0 Å². The lowest BCUT2D eigenvalue weighted by Crippen LogP contribution is -2.36. The molecule has 0 aliphatic heterocycles. The second-order valence-electron chi connectivity index (χ2n) is 9.80. The molecule has 0 radical (unpaired) electrons. The minimum absolute atomic E-state index is 0.0984. The zero-order chi connectivity index (χ0) is 24.0. The van der Waals surface area contributed by atoms with Gasteiger partial charge in [0.2, 0.25) is 5.91 Å². The molecule has 0 bridgehead atoms. The molecule has 2 unspecified atom stereocenters. The molecular weight excluding hydrogens is 428 g/mol. The topological polar surface area (TPSA) is 41.1 Å². The molecule has 1 aliphatic carbocycles. The maximum Gasteiger partial charge on any atom is 0.223 e. The SMILES string of the molecule is Cc1ccccc1-c1ccc(CNC(=O)C2CCCC2CNCc2cccc3ccccc23)cc1. The van der Waals surface area contributed by atoms with Gasteiger partial charge in [0, 0.05) is 19.0 Å². The smallest absolute Gasteiger partial charge is 0.223 e. The Kier molecular flexibility index (Phi) is 7.25. The Morgan fingerprint density at radius 3 is 2.46 bits per heavy atom. The van der Waals surface area contributed by atoms with Crippen LogP contribution in [0.15, 0.2) is 91.0 Å². The zero-order valence-corrected chi connectivity index (χ0v) is 20.5. The average Bonchev–Trinajstić information content (AvgIpc) is 3.37. The van der Waals surface area contributed by atoms with Gasteiger partial charge < -0.3 is 10.6 Å². The van der Waals surface area contributed by atoms with E-state index in [1.54, 1.807) is 0 Å². The Morgan fingerprint density at radius 2 is 1.60 bits per heavy atom. The molecule has 2 atom stereocenters. The van der Waals surface area contributed by atoms with Gasteiger partial charge in [0.15, 0.2) is 0 Å². The number of fused-ring (bicyclic) bond motifs is 1. The highest BCUT2D eigenvalue weighted by Crippen LogP contribution is 2.32. The molecular formula is C32H34N2O. The van der Waals surface area contributed by atoms with E-state index in [0.29, 0.717) is 12.5 Å². The van der Waals surface area contributed by atoms with Crippen LogP contribution in [0.4, 0.5) is 0 Å². The van der Waals surface area contributed by atoms with Crippen LogP contribution in [0, 0.1) is 18.8 Å². The number of carbonyl (C=O) groups excluding carboxylic acids is 1. The molecule has 1 saturated carbocycles. The van der Waals surface area contributed by atoms with Crippen molar-refractivity contribution in [2.75, 3.05) is 6.54 Å². The fourth-order valence-electron chi connectivity index (χ4n) is 5.48. The third-order valence-corrected chi connectivity index (χ3v) is 7.47. The molecule has 4 aromatic rings. The molecule has 1 fully saturated rings. The van der Waals surface area contributed by atoms with Crippen LogP contribution in [0.25, 0.3) is 21.9 Å². The van der Waals surface area contributed by atoms with E-state index >= 15 is 0 Å². The minimum atomic E-state index is 0.0984. The molecule has 4 aromatic carbocycles. The highest BCUT2D eigenvalue weighted by molar-refractivity contribution is 5.85. The quantitative estimate of drug-likeness (QED) is 0.308. The van der Waals surface area contributed by atoms with Crippen molar-refractivity contribution in [1.82, 2.24) is 10.6 Å². The van der Waals surface area contributed by atoms with Gasteiger partial charge in [-0.2, -0.15) is 0 Å². The van der Waals surface area contributed by atoms with E-state index in [-0.39, 0.29) is 11.8 Å². The first-order valence-electron chi connectivity index (χ1n) is 12.8. The van der Waals surface area contributed by atoms with Crippen molar-refractivity contribution in [2.45, 2.75) is 39.3 Å². The van der Waals surface area contributed by atoms with Gasteiger partial charge in [-0.1, -0.05) is 97.4 Å². The molecule has 35 heavy (non-hydrogen) atoms. The fourth-order valence-corrected chi connectivity index (χ4v) is 5.48. The number of aryl methyl sites for hydroxylation is 1. The Balaban J connectivity index is 1.13. The van der Waals surface area contributed by atoms with Gasteiger partial charge in [-0.3, -0.25) is 4.79 Å². The van der Waals surface area contributed by atoms with Crippen LogP contribution in [0.1, 0.15) is 36.0 Å². The second kappa shape index (κ2) is 10.9. The lowest BCUT2D eigenvalue weighted by molar-refractivity contribution is -0.126. The van der Waals surface area contributed by atoms with Crippen LogP contribution >= 0.6 is 0 Å². The van der Waals surface area contributed by atoms with E-state index in [1.807, 2.05) is 0 Å². The van der Waals surface area contributed by atoms with Gasteiger partial charge in [0.05, 0.1) is 0 Å². The third-order valence-electron chi connectivity index (χ3n) is 7.47. The summed E-state index contributed by atoms with van der Waals surface area (Å²) in [5.74, 6) is 0.692. The summed E-state index contributed by atoms with van der Waals surface area (Å²) in [6, 6.07) is 32.0. The van der Waals surface area contributed by atoms with E-state index in [4.69, 9.17) is 0 Å². The van der Waals surface area contributed by atoms with Crippen molar-refractivity contribution in [1.29, 1.82) is 0 Å². The van der Waals surface area contributed by atoms with Gasteiger partial charge in [-0.05, 0) is 70.8 Å². The molecule has 0 heterocycles. The van der Waals surface area contributed by atoms with E-state index in [0.717, 1.165) is 37.9 Å². The first kappa shape index (κ1) is 23.3. The standard InChI is InChI=1S/C32H34N2O/c1-23-8-2-4-13-29(23)26-18-16-24(17-19-26)20-34-32(35)31-15-7-12-28(31)22-33-21-27-11-6-10-25-9-3-5-14-30(25)27/h2-6,8-11,13-14,16-19,28,31,33H,7,12,15,20-22H2,1H3,(H,34,35). The van der Waals surface area contributed by atoms with Crippen LogP contribution in [-0.4, -0.2) is 12.5 Å². The second-order valence-corrected chi connectivity index (χ2v) is 9.80. The van der Waals surface area contributed by atoms with Gasteiger partial charge in [-0.25, -0.2) is 0 Å². The number of hydrogen-bond acceptors (Lipinski definition) is 2. The van der Waals surface area contributed by atoms with Crippen LogP contribution in [0.2, 0.25) is 0 Å². The molecule has 0 aromatic heterocycles. The maximum absolute atomic E-state index is 13.0. The summed E-state index contributed by atoms with van der Waals surface area (Å²) in [4.78, 5) is 13.0. The monoisotopic (exact) mass is 462 g/mol. The van der Waals surface area contributed by atoms with Crippen LogP contribution in [-0.2, 0) is 17.9 Å². The Morgan fingerprint density at radius 1 is 0.829 bits per heavy atom. The highest BCUT2D eigenvalue weighted by atomic mass is 16.1. The summed E-state index contributed by atoms with van der Waals surface area (Å²) < 4.78 is 0. The molecule has 3 nitrogen and oxygen atoms in total. The summed E-state index contributed by atoms with van der Waals surface area (Å²) in [5.41, 5.74) is 6.20. The molecule has 2 N–H and O–H groups in total. The predicted octanol–water partition coefficient (Wildman–Crippen LogP) is 6.64. The largest absolute Gasteiger partial charge is 0.352 e. The summed E-state index contributed by atoms with van der Waals surface area (Å²) in [7, 11) is 0. The highest BCUT2D eigenvalue weighted by Gasteiger charge is 2.32. The molecule has 178 valence electrons. The first-order chi connectivity index (χ1) is 17.2. The number of hydrogen-bond donors (Lipinski definition) is 2. The summed E-state index contributed by atoms with van der Waals surface area (Å²) >= 11 is 0. The van der Waals surface area contributed by atoms with E-state index in [9.17, 15) is 4.79 Å². The normalized spacial score (nSPS) is 17.5. The number of amides is 1. The lowest BCUT2D eigenvalue weighted by Gasteiger charge is -2.20. The van der Waals surface area contributed by atoms with Crippen molar-refractivity contribution in [3.8, 4) is 11.1 Å². The van der Waals surface area contributed by atoms with Gasteiger partial charge >= 0.3 is 0 Å². The summed E-state index contributed by atoms with van der Waals surface area (Å²) in [6.07, 6.45) is 3.23. The molecule has 0 saturated heterocycles. The third kappa shape index (κ3) is 5.47.